The van der Waals surface area contributed by atoms with E-state index in [9.17, 15) is 0 Å². The van der Waals surface area contributed by atoms with Crippen molar-refractivity contribution in [3.8, 4) is 0 Å². The molecule has 2 aliphatic rings. The molecular formula is C22H44O5Si. The van der Waals surface area contributed by atoms with E-state index in [0.29, 0.717) is 18.8 Å². The molecule has 5 unspecified atom stereocenters. The molecule has 0 aromatic carbocycles. The molecule has 5 nitrogen and oxygen atoms in total. The molecule has 2 fully saturated rings. The minimum atomic E-state index is -1.08. The number of hydrogen-bond acceptors (Lipinski definition) is 5. The maximum absolute atomic E-state index is 6.19. The summed E-state index contributed by atoms with van der Waals surface area (Å²) < 4.78 is 28.5. The summed E-state index contributed by atoms with van der Waals surface area (Å²) >= 11 is 0. The van der Waals surface area contributed by atoms with Crippen LogP contribution in [0.25, 0.3) is 0 Å². The van der Waals surface area contributed by atoms with Gasteiger partial charge in [-0.3, -0.25) is 0 Å². The summed E-state index contributed by atoms with van der Waals surface area (Å²) in [5.41, 5.74) is 0. The third-order valence-corrected chi connectivity index (χ3v) is 8.74. The fourth-order valence-corrected chi connectivity index (χ4v) is 6.78. The first-order valence-corrected chi connectivity index (χ1v) is 13.9. The van der Waals surface area contributed by atoms with Gasteiger partial charge in [0.25, 0.3) is 0 Å². The fraction of sp³-hybridized carbons (Fsp3) is 1.00. The quantitative estimate of drug-likeness (QED) is 0.168. The van der Waals surface area contributed by atoms with Gasteiger partial charge in [-0.15, -0.1) is 0 Å². The summed E-state index contributed by atoms with van der Waals surface area (Å²) in [4.78, 5) is 0. The van der Waals surface area contributed by atoms with Gasteiger partial charge in [0.05, 0.1) is 38.6 Å². The van der Waals surface area contributed by atoms with Crippen LogP contribution in [-0.4, -0.2) is 67.0 Å². The highest BCUT2D eigenvalue weighted by atomic mass is 28.3. The topological polar surface area (TPSA) is 52.8 Å². The Bertz CT molecular complexity index is 376. The lowest BCUT2D eigenvalue weighted by Crippen LogP contribution is -2.23. The van der Waals surface area contributed by atoms with Gasteiger partial charge in [0, 0.05) is 13.2 Å². The maximum Gasteiger partial charge on any atom is 0.177 e. The minimum Gasteiger partial charge on any atom is -0.420 e. The van der Waals surface area contributed by atoms with Crippen molar-refractivity contribution in [1.82, 2.24) is 0 Å². The van der Waals surface area contributed by atoms with Crippen molar-refractivity contribution in [2.24, 2.45) is 5.92 Å². The highest BCUT2D eigenvalue weighted by molar-refractivity contribution is 6.51. The Labute approximate surface area is 174 Å². The number of rotatable bonds is 20. The Balaban J connectivity index is 1.49. The zero-order valence-corrected chi connectivity index (χ0v) is 19.7. The molecule has 0 bridgehead atoms. The SMILES string of the molecule is CCCC(CC1CO1)C[SiH](CCCCCOCC(CC)OCC1CO1)OCC. The van der Waals surface area contributed by atoms with Crippen LogP contribution in [0, 0.1) is 5.92 Å². The molecule has 0 amide bonds. The van der Waals surface area contributed by atoms with E-state index in [4.69, 9.17) is 23.4 Å². The molecule has 6 heteroatoms. The van der Waals surface area contributed by atoms with Crippen LogP contribution in [0.15, 0.2) is 0 Å². The van der Waals surface area contributed by atoms with Gasteiger partial charge in [-0.2, -0.15) is 0 Å². The van der Waals surface area contributed by atoms with Crippen LogP contribution >= 0.6 is 0 Å². The maximum atomic E-state index is 6.19. The molecular weight excluding hydrogens is 372 g/mol. The van der Waals surface area contributed by atoms with E-state index < -0.39 is 9.04 Å². The zero-order valence-electron chi connectivity index (χ0n) is 18.5. The van der Waals surface area contributed by atoms with Gasteiger partial charge in [-0.25, -0.2) is 0 Å². The molecule has 5 atom stereocenters. The van der Waals surface area contributed by atoms with E-state index in [1.165, 1.54) is 44.2 Å². The van der Waals surface area contributed by atoms with E-state index >= 15 is 0 Å². The van der Waals surface area contributed by atoms with Crippen LogP contribution in [0.2, 0.25) is 12.1 Å². The van der Waals surface area contributed by atoms with E-state index in [1.54, 1.807) is 0 Å². The average Bonchev–Trinajstić information content (AvgIpc) is 3.59. The molecule has 0 saturated carbocycles. The predicted octanol–water partition coefficient (Wildman–Crippen LogP) is 4.33. The van der Waals surface area contributed by atoms with Crippen molar-refractivity contribution >= 4 is 9.04 Å². The first kappa shape index (κ1) is 24.3. The number of hydrogen-bond donors (Lipinski definition) is 0. The predicted molar refractivity (Wildman–Crippen MR) is 116 cm³/mol. The monoisotopic (exact) mass is 416 g/mol. The van der Waals surface area contributed by atoms with Crippen LogP contribution in [0.4, 0.5) is 0 Å². The average molecular weight is 417 g/mol. The van der Waals surface area contributed by atoms with Gasteiger partial charge in [0.15, 0.2) is 9.04 Å². The Morgan fingerprint density at radius 1 is 1.04 bits per heavy atom. The normalized spacial score (nSPS) is 24.1. The third kappa shape index (κ3) is 11.9. The molecule has 0 spiro atoms. The molecule has 2 aliphatic heterocycles. The summed E-state index contributed by atoms with van der Waals surface area (Å²) in [6, 6.07) is 2.64. The van der Waals surface area contributed by atoms with Crippen molar-refractivity contribution < 1.29 is 23.4 Å². The highest BCUT2D eigenvalue weighted by Crippen LogP contribution is 2.28. The molecule has 0 aliphatic carbocycles. The second-order valence-corrected chi connectivity index (χ2v) is 11.0. The van der Waals surface area contributed by atoms with Crippen LogP contribution in [0.3, 0.4) is 0 Å². The zero-order chi connectivity index (χ0) is 20.0. The van der Waals surface area contributed by atoms with Crippen molar-refractivity contribution in [2.75, 3.05) is 39.6 Å². The van der Waals surface area contributed by atoms with Crippen LogP contribution in [0.5, 0.6) is 0 Å². The van der Waals surface area contributed by atoms with E-state index in [-0.39, 0.29) is 6.10 Å². The van der Waals surface area contributed by atoms with Gasteiger partial charge in [0.1, 0.15) is 6.10 Å². The van der Waals surface area contributed by atoms with Crippen molar-refractivity contribution in [3.05, 3.63) is 0 Å². The minimum absolute atomic E-state index is 0.213. The van der Waals surface area contributed by atoms with E-state index in [2.05, 4.69) is 20.8 Å². The standard InChI is InChI=1S/C22H44O5Si/c1-4-10-19(13-21-15-25-21)18-28(27-6-3)12-9-7-8-11-23-14-20(5-2)24-16-22-17-26-22/h19-22,28H,4-18H2,1-3H3. The van der Waals surface area contributed by atoms with Crippen LogP contribution < -0.4 is 0 Å². The summed E-state index contributed by atoms with van der Waals surface area (Å²) in [6.45, 7) is 11.6. The van der Waals surface area contributed by atoms with Gasteiger partial charge < -0.3 is 23.4 Å². The Morgan fingerprint density at radius 3 is 2.46 bits per heavy atom. The Hall–Kier alpha value is 0.0169. The third-order valence-electron chi connectivity index (χ3n) is 5.69. The second kappa shape index (κ2) is 14.9. The van der Waals surface area contributed by atoms with Gasteiger partial charge >= 0.3 is 0 Å². The largest absolute Gasteiger partial charge is 0.420 e. The molecule has 0 N–H and O–H groups in total. The fourth-order valence-electron chi connectivity index (χ4n) is 3.85. The molecule has 2 rings (SSSR count). The Morgan fingerprint density at radius 2 is 1.82 bits per heavy atom. The molecule has 0 radical (unpaired) electrons. The number of ether oxygens (including phenoxy) is 4. The molecule has 2 saturated heterocycles. The molecule has 2 heterocycles. The van der Waals surface area contributed by atoms with Crippen LogP contribution in [0.1, 0.15) is 65.7 Å². The van der Waals surface area contributed by atoms with Crippen molar-refractivity contribution in [3.63, 3.8) is 0 Å². The Kier molecular flexibility index (Phi) is 12.9. The smallest absolute Gasteiger partial charge is 0.177 e. The molecule has 0 aromatic heterocycles. The van der Waals surface area contributed by atoms with E-state index in [1.807, 2.05) is 0 Å². The second-order valence-electron chi connectivity index (χ2n) is 8.40. The van der Waals surface area contributed by atoms with Crippen molar-refractivity contribution in [1.29, 1.82) is 0 Å². The van der Waals surface area contributed by atoms with E-state index in [0.717, 1.165) is 51.8 Å². The molecule has 28 heavy (non-hydrogen) atoms. The van der Waals surface area contributed by atoms with Gasteiger partial charge in [-0.05, 0) is 44.2 Å². The van der Waals surface area contributed by atoms with Crippen LogP contribution in [-0.2, 0) is 23.4 Å². The summed E-state index contributed by atoms with van der Waals surface area (Å²) in [5, 5.41) is 0. The van der Waals surface area contributed by atoms with Gasteiger partial charge in [0.2, 0.25) is 0 Å². The lowest BCUT2D eigenvalue weighted by molar-refractivity contribution is -0.0234. The summed E-state index contributed by atoms with van der Waals surface area (Å²) in [7, 11) is -1.08. The van der Waals surface area contributed by atoms with Crippen molar-refractivity contribution in [2.45, 2.75) is 96.1 Å². The first-order valence-electron chi connectivity index (χ1n) is 11.8. The number of unbranched alkanes of at least 4 members (excludes halogenated alkanes) is 2. The lowest BCUT2D eigenvalue weighted by Gasteiger charge is -2.22. The summed E-state index contributed by atoms with van der Waals surface area (Å²) in [5.74, 6) is 0.816. The molecule has 166 valence electrons. The first-order chi connectivity index (χ1) is 13.7. The highest BCUT2D eigenvalue weighted by Gasteiger charge is 2.28. The van der Waals surface area contributed by atoms with Gasteiger partial charge in [-0.1, -0.05) is 39.5 Å². The number of epoxide rings is 2. The lowest BCUT2D eigenvalue weighted by atomic mass is 10.0. The molecule has 0 aromatic rings. The summed E-state index contributed by atoms with van der Waals surface area (Å²) in [6.07, 6.45) is 9.64.